The lowest BCUT2D eigenvalue weighted by atomic mass is 10.2. The smallest absolute Gasteiger partial charge is 0.121 e. The van der Waals surface area contributed by atoms with Crippen LogP contribution in [0.4, 0.5) is 0 Å². The summed E-state index contributed by atoms with van der Waals surface area (Å²) in [6.07, 6.45) is 0. The minimum absolute atomic E-state index is 0.534. The lowest BCUT2D eigenvalue weighted by Crippen LogP contribution is -1.96. The second-order valence-electron chi connectivity index (χ2n) is 2.97. The SMILES string of the molecule is [CH2]Cn1c(C#N)cc2c(Cl)cccc21. The Morgan fingerprint density at radius 3 is 2.93 bits per heavy atom. The number of halogens is 1. The number of aromatic nitrogens is 1. The molecule has 0 amide bonds. The summed E-state index contributed by atoms with van der Waals surface area (Å²) in [7, 11) is 0. The first-order chi connectivity index (χ1) is 6.77. The molecule has 1 aromatic carbocycles. The van der Waals surface area contributed by atoms with E-state index in [1.54, 1.807) is 6.07 Å². The van der Waals surface area contributed by atoms with Gasteiger partial charge in [-0.3, -0.25) is 0 Å². The average molecular weight is 204 g/mol. The van der Waals surface area contributed by atoms with Crippen LogP contribution in [-0.4, -0.2) is 4.57 Å². The molecule has 3 heteroatoms. The van der Waals surface area contributed by atoms with Gasteiger partial charge in [-0.25, -0.2) is 0 Å². The molecule has 2 aromatic rings. The topological polar surface area (TPSA) is 28.7 Å². The predicted octanol–water partition coefficient (Wildman–Crippen LogP) is 3.00. The molecule has 2 rings (SSSR count). The monoisotopic (exact) mass is 203 g/mol. The van der Waals surface area contributed by atoms with Gasteiger partial charge in [-0.05, 0) is 25.1 Å². The van der Waals surface area contributed by atoms with Crippen molar-refractivity contribution in [2.75, 3.05) is 0 Å². The second-order valence-corrected chi connectivity index (χ2v) is 3.37. The van der Waals surface area contributed by atoms with E-state index in [0.717, 1.165) is 10.9 Å². The number of nitrogens with zero attached hydrogens (tertiary/aromatic N) is 2. The first-order valence-corrected chi connectivity index (χ1v) is 4.63. The molecule has 1 radical (unpaired) electrons. The molecule has 0 aliphatic rings. The Morgan fingerprint density at radius 2 is 2.29 bits per heavy atom. The van der Waals surface area contributed by atoms with Crippen LogP contribution in [0.1, 0.15) is 5.69 Å². The van der Waals surface area contributed by atoms with Gasteiger partial charge in [0.2, 0.25) is 0 Å². The van der Waals surface area contributed by atoms with Crippen molar-refractivity contribution >= 4 is 22.5 Å². The van der Waals surface area contributed by atoms with Gasteiger partial charge in [0.25, 0.3) is 0 Å². The van der Waals surface area contributed by atoms with Gasteiger partial charge in [-0.15, -0.1) is 0 Å². The second kappa shape index (κ2) is 3.36. The molecule has 0 bridgehead atoms. The zero-order valence-electron chi connectivity index (χ0n) is 7.50. The highest BCUT2D eigenvalue weighted by Gasteiger charge is 2.08. The fourth-order valence-electron chi connectivity index (χ4n) is 1.58. The van der Waals surface area contributed by atoms with Gasteiger partial charge in [0, 0.05) is 17.0 Å². The van der Waals surface area contributed by atoms with Gasteiger partial charge in [0.15, 0.2) is 0 Å². The number of benzene rings is 1. The largest absolute Gasteiger partial charge is 0.332 e. The molecule has 14 heavy (non-hydrogen) atoms. The Balaban J connectivity index is 2.88. The van der Waals surface area contributed by atoms with Crippen molar-refractivity contribution in [3.05, 3.63) is 41.9 Å². The zero-order chi connectivity index (χ0) is 10.1. The summed E-state index contributed by atoms with van der Waals surface area (Å²) < 4.78 is 1.85. The molecule has 69 valence electrons. The molecule has 0 aliphatic heterocycles. The van der Waals surface area contributed by atoms with E-state index in [0.29, 0.717) is 17.3 Å². The van der Waals surface area contributed by atoms with Crippen LogP contribution in [0.2, 0.25) is 5.02 Å². The molecule has 0 unspecified atom stereocenters. The lowest BCUT2D eigenvalue weighted by molar-refractivity contribution is 0.845. The van der Waals surface area contributed by atoms with Crippen LogP contribution in [-0.2, 0) is 6.54 Å². The predicted molar refractivity (Wildman–Crippen MR) is 57.0 cm³/mol. The number of nitriles is 1. The summed E-state index contributed by atoms with van der Waals surface area (Å²) in [4.78, 5) is 0. The molecule has 1 aromatic heterocycles. The van der Waals surface area contributed by atoms with Crippen molar-refractivity contribution in [2.24, 2.45) is 0 Å². The third kappa shape index (κ3) is 1.18. The molecule has 0 saturated heterocycles. The molecule has 2 nitrogen and oxygen atoms in total. The molecule has 0 atom stereocenters. The van der Waals surface area contributed by atoms with Gasteiger partial charge >= 0.3 is 0 Å². The number of fused-ring (bicyclic) bond motifs is 1. The fourth-order valence-corrected chi connectivity index (χ4v) is 1.81. The summed E-state index contributed by atoms with van der Waals surface area (Å²) in [5.41, 5.74) is 1.56. The van der Waals surface area contributed by atoms with Crippen LogP contribution >= 0.6 is 11.6 Å². The van der Waals surface area contributed by atoms with E-state index in [9.17, 15) is 0 Å². The van der Waals surface area contributed by atoms with Crippen LogP contribution in [0, 0.1) is 18.3 Å². The van der Waals surface area contributed by atoms with Crippen molar-refractivity contribution in [3.8, 4) is 6.07 Å². The third-order valence-corrected chi connectivity index (χ3v) is 2.56. The van der Waals surface area contributed by atoms with Crippen molar-refractivity contribution in [2.45, 2.75) is 6.54 Å². The number of rotatable bonds is 1. The highest BCUT2D eigenvalue weighted by molar-refractivity contribution is 6.35. The molecular formula is C11H8ClN2. The maximum atomic E-state index is 8.90. The molecule has 0 saturated carbocycles. The van der Waals surface area contributed by atoms with Gasteiger partial charge in [-0.1, -0.05) is 17.7 Å². The van der Waals surface area contributed by atoms with Crippen LogP contribution < -0.4 is 0 Å². The van der Waals surface area contributed by atoms with Crippen LogP contribution in [0.3, 0.4) is 0 Å². The first kappa shape index (κ1) is 9.11. The van der Waals surface area contributed by atoms with Crippen molar-refractivity contribution in [1.82, 2.24) is 4.57 Å². The Hall–Kier alpha value is -1.46. The molecule has 0 fully saturated rings. The Bertz CT molecular complexity index is 520. The molecule has 0 aliphatic carbocycles. The highest BCUT2D eigenvalue weighted by Crippen LogP contribution is 2.26. The van der Waals surface area contributed by atoms with Crippen LogP contribution in [0.15, 0.2) is 24.3 Å². The molecular weight excluding hydrogens is 196 g/mol. The van der Waals surface area contributed by atoms with Gasteiger partial charge in [0.1, 0.15) is 11.8 Å². The molecule has 1 heterocycles. The minimum Gasteiger partial charge on any atom is -0.332 e. The van der Waals surface area contributed by atoms with Crippen molar-refractivity contribution < 1.29 is 0 Å². The van der Waals surface area contributed by atoms with E-state index in [1.807, 2.05) is 22.8 Å². The van der Waals surface area contributed by atoms with Crippen molar-refractivity contribution in [3.63, 3.8) is 0 Å². The summed E-state index contributed by atoms with van der Waals surface area (Å²) in [5.74, 6) is 0. The minimum atomic E-state index is 0.534. The maximum absolute atomic E-state index is 8.90. The van der Waals surface area contributed by atoms with E-state index >= 15 is 0 Å². The summed E-state index contributed by atoms with van der Waals surface area (Å²) in [5, 5.41) is 10.5. The van der Waals surface area contributed by atoms with Gasteiger partial charge in [-0.2, -0.15) is 5.26 Å². The number of hydrogen-bond acceptors (Lipinski definition) is 1. The van der Waals surface area contributed by atoms with Crippen LogP contribution in [0.5, 0.6) is 0 Å². The number of hydrogen-bond donors (Lipinski definition) is 0. The first-order valence-electron chi connectivity index (χ1n) is 4.25. The van der Waals surface area contributed by atoms with Gasteiger partial charge < -0.3 is 4.57 Å². The summed E-state index contributed by atoms with van der Waals surface area (Å²) in [6, 6.07) is 9.55. The highest BCUT2D eigenvalue weighted by atomic mass is 35.5. The average Bonchev–Trinajstić information content (AvgIpc) is 2.57. The van der Waals surface area contributed by atoms with Crippen LogP contribution in [0.25, 0.3) is 10.9 Å². The third-order valence-electron chi connectivity index (χ3n) is 2.23. The van der Waals surface area contributed by atoms with E-state index in [2.05, 4.69) is 13.0 Å². The Morgan fingerprint density at radius 1 is 1.50 bits per heavy atom. The van der Waals surface area contributed by atoms with E-state index in [-0.39, 0.29) is 0 Å². The molecule has 0 N–H and O–H groups in total. The maximum Gasteiger partial charge on any atom is 0.121 e. The normalized spacial score (nSPS) is 10.4. The lowest BCUT2D eigenvalue weighted by Gasteiger charge is -2.01. The zero-order valence-corrected chi connectivity index (χ0v) is 8.25. The summed E-state index contributed by atoms with van der Waals surface area (Å²) >= 11 is 6.01. The molecule has 0 spiro atoms. The van der Waals surface area contributed by atoms with E-state index < -0.39 is 0 Å². The van der Waals surface area contributed by atoms with Gasteiger partial charge in [0.05, 0.1) is 5.52 Å². The Labute approximate surface area is 87.3 Å². The van der Waals surface area contributed by atoms with E-state index in [4.69, 9.17) is 16.9 Å². The van der Waals surface area contributed by atoms with Crippen molar-refractivity contribution in [1.29, 1.82) is 5.26 Å². The fraction of sp³-hybridized carbons (Fsp3) is 0.0909. The standard InChI is InChI=1S/C11H8ClN2/c1-2-14-8(7-13)6-9-10(12)4-3-5-11(9)14/h3-6H,1-2H2. The Kier molecular flexibility index (Phi) is 2.18. The van der Waals surface area contributed by atoms with E-state index in [1.165, 1.54) is 0 Å². The quantitative estimate of drug-likeness (QED) is 0.701. The summed E-state index contributed by atoms with van der Waals surface area (Å²) in [6.45, 7) is 4.32.